The van der Waals surface area contributed by atoms with Crippen molar-refractivity contribution in [3.63, 3.8) is 0 Å². The average Bonchev–Trinajstić information content (AvgIpc) is 2.95. The maximum absolute atomic E-state index is 12.1. The van der Waals surface area contributed by atoms with Crippen molar-refractivity contribution in [2.24, 2.45) is 0 Å². The third-order valence-corrected chi connectivity index (χ3v) is 4.81. The van der Waals surface area contributed by atoms with Crippen LogP contribution in [0.15, 0.2) is 17.3 Å². The highest BCUT2D eigenvalue weighted by Gasteiger charge is 2.19. The molecule has 2 aromatic rings. The summed E-state index contributed by atoms with van der Waals surface area (Å²) in [5.41, 5.74) is 0. The Hall–Kier alpha value is -1.48. The lowest BCUT2D eigenvalue weighted by Gasteiger charge is -2.03. The minimum atomic E-state index is -3.65. The molecule has 19 heavy (non-hydrogen) atoms. The predicted octanol–water partition coefficient (Wildman–Crippen LogP) is 1.68. The maximum atomic E-state index is 12.1. The summed E-state index contributed by atoms with van der Waals surface area (Å²) in [6, 6.07) is 0.108. The highest BCUT2D eigenvalue weighted by molar-refractivity contribution is 7.93. The van der Waals surface area contributed by atoms with Crippen LogP contribution < -0.4 is 4.72 Å². The number of aryl methyl sites for hydroxylation is 1. The summed E-state index contributed by atoms with van der Waals surface area (Å²) in [7, 11) is -3.65. The first-order chi connectivity index (χ1) is 8.92. The second-order valence-electron chi connectivity index (χ2n) is 4.21. The second-order valence-corrected chi connectivity index (χ2v) is 6.95. The van der Waals surface area contributed by atoms with Gasteiger partial charge in [-0.2, -0.15) is 5.10 Å². The standard InChI is InChI=1S/C10H15N5O2S2/c1-4-9-12-13-10(18-9)14-19(16,17)8-5-11-15(6-8)7(2)3/h5-7H,4H2,1-3H3,(H,13,14). The van der Waals surface area contributed by atoms with E-state index in [0.717, 1.165) is 11.4 Å². The van der Waals surface area contributed by atoms with E-state index >= 15 is 0 Å². The van der Waals surface area contributed by atoms with Gasteiger partial charge in [-0.15, -0.1) is 10.2 Å². The molecule has 9 heteroatoms. The lowest BCUT2D eigenvalue weighted by Crippen LogP contribution is -2.12. The average molecular weight is 301 g/mol. The monoisotopic (exact) mass is 301 g/mol. The second kappa shape index (κ2) is 5.25. The number of nitrogens with one attached hydrogen (secondary N) is 1. The molecule has 0 aliphatic heterocycles. The molecule has 0 saturated heterocycles. The van der Waals surface area contributed by atoms with Crippen LogP contribution in [0.25, 0.3) is 0 Å². The van der Waals surface area contributed by atoms with Gasteiger partial charge >= 0.3 is 0 Å². The molecule has 0 radical (unpaired) electrons. The number of sulfonamides is 1. The zero-order valence-corrected chi connectivity index (χ0v) is 12.5. The summed E-state index contributed by atoms with van der Waals surface area (Å²) in [6.07, 6.45) is 3.55. The summed E-state index contributed by atoms with van der Waals surface area (Å²) in [6.45, 7) is 5.79. The highest BCUT2D eigenvalue weighted by Crippen LogP contribution is 2.20. The van der Waals surface area contributed by atoms with E-state index in [-0.39, 0.29) is 16.1 Å². The molecule has 2 heterocycles. The molecule has 104 valence electrons. The Kier molecular flexibility index (Phi) is 3.85. The Balaban J connectivity index is 2.21. The van der Waals surface area contributed by atoms with Crippen LogP contribution in [0, 0.1) is 0 Å². The number of rotatable bonds is 5. The first-order valence-corrected chi connectivity index (χ1v) is 8.11. The molecule has 0 bridgehead atoms. The number of hydrogen-bond acceptors (Lipinski definition) is 6. The molecule has 0 aromatic carbocycles. The van der Waals surface area contributed by atoms with Crippen molar-refractivity contribution >= 4 is 26.5 Å². The Bertz CT molecular complexity index is 659. The fraction of sp³-hybridized carbons (Fsp3) is 0.500. The number of nitrogens with zero attached hydrogens (tertiary/aromatic N) is 4. The molecule has 0 amide bonds. The Morgan fingerprint density at radius 2 is 2.16 bits per heavy atom. The van der Waals surface area contributed by atoms with Gasteiger partial charge in [0.25, 0.3) is 10.0 Å². The smallest absolute Gasteiger partial charge is 0.266 e. The molecule has 7 nitrogen and oxygen atoms in total. The van der Waals surface area contributed by atoms with Gasteiger partial charge in [-0.1, -0.05) is 18.3 Å². The normalized spacial score (nSPS) is 12.0. The van der Waals surface area contributed by atoms with Crippen LogP contribution in [0.5, 0.6) is 0 Å². The molecule has 0 unspecified atom stereocenters. The van der Waals surface area contributed by atoms with E-state index in [1.807, 2.05) is 20.8 Å². The molecule has 0 fully saturated rings. The van der Waals surface area contributed by atoms with Gasteiger partial charge in [0.2, 0.25) is 5.13 Å². The van der Waals surface area contributed by atoms with Gasteiger partial charge in [-0.05, 0) is 20.3 Å². The first kappa shape index (κ1) is 13.9. The molecular formula is C10H15N5O2S2. The summed E-state index contributed by atoms with van der Waals surface area (Å²) in [4.78, 5) is 0.120. The summed E-state index contributed by atoms with van der Waals surface area (Å²) in [5.74, 6) is 0. The van der Waals surface area contributed by atoms with Crippen molar-refractivity contribution in [2.75, 3.05) is 4.72 Å². The minimum absolute atomic E-state index is 0.108. The van der Waals surface area contributed by atoms with Gasteiger partial charge in [0.15, 0.2) is 0 Å². The quantitative estimate of drug-likeness (QED) is 0.907. The van der Waals surface area contributed by atoms with Crippen LogP contribution in [-0.2, 0) is 16.4 Å². The van der Waals surface area contributed by atoms with Gasteiger partial charge in [0.1, 0.15) is 9.90 Å². The van der Waals surface area contributed by atoms with Crippen molar-refractivity contribution in [3.05, 3.63) is 17.4 Å². The van der Waals surface area contributed by atoms with Crippen molar-refractivity contribution < 1.29 is 8.42 Å². The SMILES string of the molecule is CCc1nnc(NS(=O)(=O)c2cnn(C(C)C)c2)s1. The van der Waals surface area contributed by atoms with E-state index in [2.05, 4.69) is 20.0 Å². The van der Waals surface area contributed by atoms with Crippen molar-refractivity contribution in [2.45, 2.75) is 38.1 Å². The predicted molar refractivity (Wildman–Crippen MR) is 72.7 cm³/mol. The van der Waals surface area contributed by atoms with Crippen LogP contribution in [0.3, 0.4) is 0 Å². The Morgan fingerprint density at radius 1 is 1.42 bits per heavy atom. The number of hydrogen-bond donors (Lipinski definition) is 1. The van der Waals surface area contributed by atoms with E-state index < -0.39 is 10.0 Å². The molecule has 0 aliphatic rings. The number of anilines is 1. The van der Waals surface area contributed by atoms with Gasteiger partial charge in [-0.3, -0.25) is 9.40 Å². The summed E-state index contributed by atoms with van der Waals surface area (Å²) < 4.78 is 28.2. The van der Waals surface area contributed by atoms with E-state index in [1.54, 1.807) is 4.68 Å². The third kappa shape index (κ3) is 3.10. The lowest BCUT2D eigenvalue weighted by molar-refractivity contribution is 0.531. The van der Waals surface area contributed by atoms with E-state index in [9.17, 15) is 8.42 Å². The molecule has 0 aliphatic carbocycles. The lowest BCUT2D eigenvalue weighted by atomic mass is 10.4. The zero-order valence-electron chi connectivity index (χ0n) is 10.9. The van der Waals surface area contributed by atoms with E-state index in [1.165, 1.54) is 23.7 Å². The largest absolute Gasteiger partial charge is 0.269 e. The molecule has 2 aromatic heterocycles. The van der Waals surface area contributed by atoms with Crippen molar-refractivity contribution in [3.8, 4) is 0 Å². The number of aromatic nitrogens is 4. The Labute approximate surface area is 115 Å². The van der Waals surface area contributed by atoms with Crippen LogP contribution in [0.1, 0.15) is 31.8 Å². The third-order valence-electron chi connectivity index (χ3n) is 2.41. The molecule has 2 rings (SSSR count). The van der Waals surface area contributed by atoms with Gasteiger partial charge in [0, 0.05) is 12.2 Å². The van der Waals surface area contributed by atoms with Crippen LogP contribution in [0.2, 0.25) is 0 Å². The molecule has 0 saturated carbocycles. The fourth-order valence-corrected chi connectivity index (χ4v) is 3.20. The van der Waals surface area contributed by atoms with E-state index in [4.69, 9.17) is 0 Å². The topological polar surface area (TPSA) is 89.8 Å². The fourth-order valence-electron chi connectivity index (χ4n) is 1.35. The van der Waals surface area contributed by atoms with Gasteiger partial charge < -0.3 is 0 Å². The Morgan fingerprint density at radius 3 is 2.68 bits per heavy atom. The minimum Gasteiger partial charge on any atom is -0.269 e. The zero-order chi connectivity index (χ0) is 14.0. The summed E-state index contributed by atoms with van der Waals surface area (Å²) >= 11 is 1.23. The molecular weight excluding hydrogens is 286 g/mol. The van der Waals surface area contributed by atoms with Gasteiger partial charge in [-0.25, -0.2) is 8.42 Å². The van der Waals surface area contributed by atoms with Gasteiger partial charge in [0.05, 0.1) is 6.20 Å². The molecule has 0 spiro atoms. The van der Waals surface area contributed by atoms with Crippen LogP contribution in [-0.4, -0.2) is 28.4 Å². The maximum Gasteiger partial charge on any atom is 0.266 e. The first-order valence-electron chi connectivity index (χ1n) is 5.81. The molecule has 0 atom stereocenters. The van der Waals surface area contributed by atoms with Crippen molar-refractivity contribution in [1.82, 2.24) is 20.0 Å². The summed E-state index contributed by atoms with van der Waals surface area (Å²) in [5, 5.41) is 12.7. The van der Waals surface area contributed by atoms with Crippen LogP contribution in [0.4, 0.5) is 5.13 Å². The highest BCUT2D eigenvalue weighted by atomic mass is 32.2. The van der Waals surface area contributed by atoms with E-state index in [0.29, 0.717) is 0 Å². The molecule has 1 N–H and O–H groups in total. The van der Waals surface area contributed by atoms with Crippen molar-refractivity contribution in [1.29, 1.82) is 0 Å². The van der Waals surface area contributed by atoms with Crippen LogP contribution >= 0.6 is 11.3 Å².